The number of ether oxygens (including phenoxy) is 3. The first-order valence-electron chi connectivity index (χ1n) is 28.8. The van der Waals surface area contributed by atoms with Gasteiger partial charge in [-0.1, -0.05) is 12.8 Å². The number of rotatable bonds is 30. The van der Waals surface area contributed by atoms with Gasteiger partial charge in [0.05, 0.1) is 116 Å². The van der Waals surface area contributed by atoms with Crippen LogP contribution >= 0.6 is 0 Å². The Labute approximate surface area is 468 Å². The van der Waals surface area contributed by atoms with Crippen LogP contribution < -0.4 is 45.9 Å². The monoisotopic (exact) mass is 1070 g/mol. The van der Waals surface area contributed by atoms with E-state index in [4.69, 9.17) is 60.1 Å². The van der Waals surface area contributed by atoms with Crippen molar-refractivity contribution in [3.8, 4) is 0 Å². The summed E-state index contributed by atoms with van der Waals surface area (Å²) in [5.41, 5.74) is 57.8. The normalized spacial score (nSPS) is 13.4. The molecule has 0 spiro atoms. The summed E-state index contributed by atoms with van der Waals surface area (Å²) in [4.78, 5) is 0. The molecule has 1 fully saturated rings. The van der Waals surface area contributed by atoms with Crippen molar-refractivity contribution in [3.63, 3.8) is 0 Å². The van der Waals surface area contributed by atoms with Crippen molar-refractivity contribution in [2.75, 3.05) is 195 Å². The minimum absolute atomic E-state index is 0.769. The van der Waals surface area contributed by atoms with E-state index in [1.807, 2.05) is 72.8 Å². The summed E-state index contributed by atoms with van der Waals surface area (Å²) < 4.78 is 21.2. The van der Waals surface area contributed by atoms with Crippen LogP contribution in [0.15, 0.2) is 72.8 Å². The van der Waals surface area contributed by atoms with E-state index in [9.17, 15) is 0 Å². The molecule has 15 nitrogen and oxygen atoms in total. The Kier molecular flexibility index (Phi) is 32.0. The molecule has 1 heterocycles. The maximum absolute atomic E-state index is 5.95. The van der Waals surface area contributed by atoms with Gasteiger partial charge in [-0.15, -0.1) is 0 Å². The number of hydrogen-bond acceptors (Lipinski definition) is 11. The number of nitrogen functional groups attached to an aromatic ring is 8. The fourth-order valence-corrected chi connectivity index (χ4v) is 8.96. The summed E-state index contributed by atoms with van der Waals surface area (Å²) >= 11 is 0. The molecule has 4 aromatic carbocycles. The van der Waals surface area contributed by atoms with E-state index in [0.717, 1.165) is 186 Å². The van der Waals surface area contributed by atoms with Crippen molar-refractivity contribution in [1.82, 2.24) is 0 Å². The van der Waals surface area contributed by atoms with Crippen molar-refractivity contribution in [2.24, 2.45) is 0 Å². The van der Waals surface area contributed by atoms with Crippen molar-refractivity contribution < 1.29 is 32.1 Å². The summed E-state index contributed by atoms with van der Waals surface area (Å²) in [6.07, 6.45) is 18.5. The van der Waals surface area contributed by atoms with E-state index >= 15 is 0 Å². The molecule has 1 saturated heterocycles. The van der Waals surface area contributed by atoms with Gasteiger partial charge in [0, 0.05) is 71.7 Å². The molecule has 4 aromatic rings. The first kappa shape index (κ1) is 68.1. The molecule has 0 bridgehead atoms. The average molecular weight is 1080 g/mol. The number of nitrogens with two attached hydrogens (primary N) is 8. The predicted octanol–water partition coefficient (Wildman–Crippen LogP) is 8.88. The number of anilines is 8. The van der Waals surface area contributed by atoms with Crippen LogP contribution in [0.3, 0.4) is 0 Å². The second-order valence-corrected chi connectivity index (χ2v) is 24.7. The highest BCUT2D eigenvalue weighted by molar-refractivity contribution is 5.57. The number of hydrogen-bond donors (Lipinski definition) is 8. The van der Waals surface area contributed by atoms with Crippen LogP contribution in [0.2, 0.25) is 0 Å². The van der Waals surface area contributed by atoms with Gasteiger partial charge in [0.1, 0.15) is 13.1 Å². The Morgan fingerprint density at radius 1 is 0.351 bits per heavy atom. The fourth-order valence-electron chi connectivity index (χ4n) is 8.96. The zero-order valence-electron chi connectivity index (χ0n) is 50.4. The maximum atomic E-state index is 5.95. The number of likely N-dealkylation sites (N-methyl/N-ethyl adjacent to an activating group) is 2. The molecule has 0 unspecified atom stereocenters. The lowest BCUT2D eigenvalue weighted by Crippen LogP contribution is -2.49. The summed E-state index contributed by atoms with van der Waals surface area (Å²) in [5.74, 6) is 0. The van der Waals surface area contributed by atoms with Gasteiger partial charge < -0.3 is 78.0 Å². The van der Waals surface area contributed by atoms with Gasteiger partial charge in [-0.2, -0.15) is 0 Å². The topological polar surface area (TPSA) is 236 Å². The van der Waals surface area contributed by atoms with Crippen LogP contribution in [0.25, 0.3) is 0 Å². The molecule has 16 N–H and O–H groups in total. The van der Waals surface area contributed by atoms with Crippen molar-refractivity contribution in [1.29, 1.82) is 0 Å². The SMILES string of the molecule is C[N+](C)(C)CCCCCCCc1cc(N)ccc1N.C[N+](C)(C)CCCOCCCc1cc(N)ccc1N.C[N+](C)(C)CCOCCCc1cc(N)ccc1N.C[N+]1(CCOCCCc2cc(N)ccc2N)CCCCC1. The standard InChI is InChI=1S/C17H30N3O.C16H30N3.C15H28N3O.C14H26N3O/c1-20(9-3-2-4-10-20)11-13-21-12-5-6-15-14-16(18)7-8-17(15)19;1-19(2,3)12-8-6-4-5-7-9-14-13-15(17)10-11-16(14)18;1-18(2,3)9-5-11-19-10-4-6-13-12-14(16)7-8-15(13)17;1-17(2,3)8-10-18-9-4-5-12-11-13(15)6-7-14(12)16/h7-8,14H,2-6,9-13,18-19H2,1H3;10-11,13H,4-9,12,17-18H2,1-3H3;7-8,12H,4-6,9-11,16-17H2,1-3H3;6-7,11H,4-5,8-10,15-16H2,1-3H3/q4*+1. The molecule has 77 heavy (non-hydrogen) atoms. The number of aryl methyl sites for hydroxylation is 4. The fraction of sp³-hybridized carbons (Fsp3) is 0.613. The number of likely N-dealkylation sites (tertiary alicyclic amines) is 1. The minimum atomic E-state index is 0.769. The van der Waals surface area contributed by atoms with Crippen LogP contribution in [0, 0.1) is 0 Å². The van der Waals surface area contributed by atoms with Gasteiger partial charge in [-0.3, -0.25) is 0 Å². The smallest absolute Gasteiger partial charge is 0.102 e. The van der Waals surface area contributed by atoms with Crippen LogP contribution in [0.4, 0.5) is 45.5 Å². The summed E-state index contributed by atoms with van der Waals surface area (Å²) in [7, 11) is 22.2. The van der Waals surface area contributed by atoms with Gasteiger partial charge in [0.25, 0.3) is 0 Å². The van der Waals surface area contributed by atoms with Gasteiger partial charge in [0.15, 0.2) is 0 Å². The van der Waals surface area contributed by atoms with E-state index in [-0.39, 0.29) is 0 Å². The lowest BCUT2D eigenvalue weighted by molar-refractivity contribution is -0.914. The number of unbranched alkanes of at least 4 members (excludes halogenated alkanes) is 4. The Morgan fingerprint density at radius 3 is 1.05 bits per heavy atom. The second-order valence-electron chi connectivity index (χ2n) is 24.7. The van der Waals surface area contributed by atoms with Crippen molar-refractivity contribution in [3.05, 3.63) is 95.1 Å². The van der Waals surface area contributed by atoms with Gasteiger partial charge in [0.2, 0.25) is 0 Å². The molecule has 0 atom stereocenters. The lowest BCUT2D eigenvalue weighted by Gasteiger charge is -2.37. The molecular weight excluding hydrogens is 961 g/mol. The largest absolute Gasteiger partial charge is 0.399 e. The number of nitrogens with zero attached hydrogens (tertiary/aromatic N) is 4. The summed E-state index contributed by atoms with van der Waals surface area (Å²) in [6, 6.07) is 22.8. The molecular formula is C62H114N12O3+4. The van der Waals surface area contributed by atoms with E-state index < -0.39 is 0 Å². The summed E-state index contributed by atoms with van der Waals surface area (Å²) in [5, 5.41) is 0. The first-order chi connectivity index (χ1) is 36.2. The third-order valence-electron chi connectivity index (χ3n) is 13.8. The van der Waals surface area contributed by atoms with Crippen LogP contribution in [-0.4, -0.2) is 167 Å². The molecule has 0 saturated carbocycles. The molecule has 0 aliphatic carbocycles. The highest BCUT2D eigenvalue weighted by Gasteiger charge is 2.24. The molecule has 1 aliphatic rings. The maximum Gasteiger partial charge on any atom is 0.102 e. The molecule has 1 aliphatic heterocycles. The molecule has 0 aromatic heterocycles. The number of benzene rings is 4. The highest BCUT2D eigenvalue weighted by atomic mass is 16.5. The number of quaternary nitrogens is 4. The average Bonchev–Trinajstić information content (AvgIpc) is 3.34. The Bertz CT molecular complexity index is 2120. The Hall–Kier alpha value is -5.00. The third-order valence-corrected chi connectivity index (χ3v) is 13.8. The zero-order chi connectivity index (χ0) is 57.3. The minimum Gasteiger partial charge on any atom is -0.399 e. The van der Waals surface area contributed by atoms with E-state index in [2.05, 4.69) is 70.5 Å². The van der Waals surface area contributed by atoms with E-state index in [0.29, 0.717) is 0 Å². The quantitative estimate of drug-likeness (QED) is 0.0139. The first-order valence-corrected chi connectivity index (χ1v) is 28.8. The molecule has 15 heteroatoms. The van der Waals surface area contributed by atoms with Crippen LogP contribution in [-0.2, 0) is 39.9 Å². The molecule has 0 amide bonds. The Balaban J connectivity index is 0.000000352. The van der Waals surface area contributed by atoms with Gasteiger partial charge in [-0.05, 0) is 179 Å². The lowest BCUT2D eigenvalue weighted by atomic mass is 10.0. The van der Waals surface area contributed by atoms with Gasteiger partial charge in [-0.25, -0.2) is 0 Å². The highest BCUT2D eigenvalue weighted by Crippen LogP contribution is 2.22. The van der Waals surface area contributed by atoms with Crippen LogP contribution in [0.1, 0.15) is 99.3 Å². The third kappa shape index (κ3) is 34.5. The predicted molar refractivity (Wildman–Crippen MR) is 333 cm³/mol. The molecule has 0 radical (unpaired) electrons. The van der Waals surface area contributed by atoms with E-state index in [1.165, 1.54) is 81.0 Å². The summed E-state index contributed by atoms with van der Waals surface area (Å²) in [6.45, 7) is 12.0. The van der Waals surface area contributed by atoms with Crippen molar-refractivity contribution >= 4 is 45.5 Å². The Morgan fingerprint density at radius 2 is 0.662 bits per heavy atom. The van der Waals surface area contributed by atoms with E-state index in [1.54, 1.807) is 0 Å². The molecule has 5 rings (SSSR count). The molecule has 436 valence electrons. The van der Waals surface area contributed by atoms with Gasteiger partial charge >= 0.3 is 0 Å². The second kappa shape index (κ2) is 36.2. The van der Waals surface area contributed by atoms with Crippen molar-refractivity contribution in [2.45, 2.75) is 103 Å². The zero-order valence-corrected chi connectivity index (χ0v) is 50.4. The van der Waals surface area contributed by atoms with Crippen LogP contribution in [0.5, 0.6) is 0 Å². The number of piperidine rings is 1.